The van der Waals surface area contributed by atoms with E-state index in [9.17, 15) is 9.59 Å². The summed E-state index contributed by atoms with van der Waals surface area (Å²) in [5.41, 5.74) is 5.65. The zero-order chi connectivity index (χ0) is 9.84. The van der Waals surface area contributed by atoms with Gasteiger partial charge in [-0.3, -0.25) is 14.6 Å². The van der Waals surface area contributed by atoms with Crippen LogP contribution in [0.15, 0.2) is 18.5 Å². The van der Waals surface area contributed by atoms with E-state index in [1.165, 1.54) is 25.4 Å². The molecule has 0 aromatic carbocycles. The third-order valence-corrected chi connectivity index (χ3v) is 1.40. The van der Waals surface area contributed by atoms with Crippen molar-refractivity contribution in [2.24, 2.45) is 5.73 Å². The molecule has 1 aromatic rings. The van der Waals surface area contributed by atoms with Crippen LogP contribution in [0.5, 0.6) is 0 Å². The summed E-state index contributed by atoms with van der Waals surface area (Å²) in [6.07, 6.45) is 2.78. The Hall–Kier alpha value is -1.91. The van der Waals surface area contributed by atoms with Gasteiger partial charge in [-0.2, -0.15) is 0 Å². The predicted molar refractivity (Wildman–Crippen MR) is 47.1 cm³/mol. The lowest BCUT2D eigenvalue weighted by Crippen LogP contribution is -2.16. The zero-order valence-electron chi connectivity index (χ0n) is 7.07. The first-order valence-corrected chi connectivity index (χ1v) is 3.62. The molecule has 0 aliphatic carbocycles. The molecule has 0 spiro atoms. The molecule has 0 fully saturated rings. The second-order valence-electron chi connectivity index (χ2n) is 2.47. The molecule has 0 atom stereocenters. The van der Waals surface area contributed by atoms with Crippen LogP contribution < -0.4 is 11.1 Å². The van der Waals surface area contributed by atoms with E-state index < -0.39 is 5.91 Å². The van der Waals surface area contributed by atoms with Crippen molar-refractivity contribution in [2.45, 2.75) is 6.92 Å². The summed E-state index contributed by atoms with van der Waals surface area (Å²) in [6, 6.07) is 1.52. The monoisotopic (exact) mass is 179 g/mol. The highest BCUT2D eigenvalue weighted by molar-refractivity contribution is 6.02. The minimum absolute atomic E-state index is 0.206. The van der Waals surface area contributed by atoms with Crippen LogP contribution in [0.4, 0.5) is 5.69 Å². The summed E-state index contributed by atoms with van der Waals surface area (Å²) in [5.74, 6) is -0.870. The van der Waals surface area contributed by atoms with Crippen LogP contribution in [0.1, 0.15) is 17.3 Å². The Bertz CT molecular complexity index is 349. The maximum Gasteiger partial charge on any atom is 0.252 e. The number of primary amides is 1. The van der Waals surface area contributed by atoms with Crippen molar-refractivity contribution >= 4 is 17.5 Å². The largest absolute Gasteiger partial charge is 0.365 e. The highest BCUT2D eigenvalue weighted by Gasteiger charge is 2.07. The van der Waals surface area contributed by atoms with Crippen molar-refractivity contribution in [2.75, 3.05) is 5.32 Å². The molecule has 5 nitrogen and oxygen atoms in total. The van der Waals surface area contributed by atoms with E-state index in [0.29, 0.717) is 5.69 Å². The number of rotatable bonds is 2. The van der Waals surface area contributed by atoms with E-state index in [2.05, 4.69) is 10.3 Å². The Balaban J connectivity index is 3.04. The lowest BCUT2D eigenvalue weighted by atomic mass is 10.2. The van der Waals surface area contributed by atoms with Gasteiger partial charge in [0.05, 0.1) is 11.3 Å². The van der Waals surface area contributed by atoms with Gasteiger partial charge in [-0.15, -0.1) is 0 Å². The van der Waals surface area contributed by atoms with Crippen molar-refractivity contribution in [3.63, 3.8) is 0 Å². The predicted octanol–water partition coefficient (Wildman–Crippen LogP) is 0.139. The van der Waals surface area contributed by atoms with Crippen LogP contribution in [-0.4, -0.2) is 16.8 Å². The summed E-state index contributed by atoms with van der Waals surface area (Å²) < 4.78 is 0. The smallest absolute Gasteiger partial charge is 0.252 e. The molecule has 1 aromatic heterocycles. The third kappa shape index (κ3) is 2.26. The average molecular weight is 179 g/mol. The Labute approximate surface area is 75.0 Å². The summed E-state index contributed by atoms with van der Waals surface area (Å²) in [4.78, 5) is 25.3. The molecule has 0 bridgehead atoms. The van der Waals surface area contributed by atoms with Gasteiger partial charge >= 0.3 is 0 Å². The number of carbonyl (C=O) groups excluding carboxylic acids is 2. The number of nitrogens with one attached hydrogen (secondary N) is 1. The molecule has 0 saturated carbocycles. The van der Waals surface area contributed by atoms with Gasteiger partial charge < -0.3 is 11.1 Å². The molecule has 0 aliphatic heterocycles. The average Bonchev–Trinajstić information content (AvgIpc) is 2.03. The summed E-state index contributed by atoms with van der Waals surface area (Å²) in [5, 5.41) is 2.47. The Morgan fingerprint density at radius 3 is 2.77 bits per heavy atom. The molecule has 13 heavy (non-hydrogen) atoms. The normalized spacial score (nSPS) is 9.31. The minimum atomic E-state index is -0.614. The van der Waals surface area contributed by atoms with Gasteiger partial charge in [-0.25, -0.2) is 0 Å². The molecule has 1 heterocycles. The molecule has 0 aliphatic rings. The Morgan fingerprint density at radius 2 is 2.23 bits per heavy atom. The van der Waals surface area contributed by atoms with Gasteiger partial charge in [-0.05, 0) is 6.07 Å². The Kier molecular flexibility index (Phi) is 2.59. The molecular weight excluding hydrogens is 170 g/mol. The van der Waals surface area contributed by atoms with Crippen molar-refractivity contribution in [1.29, 1.82) is 0 Å². The highest BCUT2D eigenvalue weighted by Crippen LogP contribution is 2.11. The first-order chi connectivity index (χ1) is 6.11. The number of hydrogen-bond acceptors (Lipinski definition) is 3. The highest BCUT2D eigenvalue weighted by atomic mass is 16.2. The minimum Gasteiger partial charge on any atom is -0.365 e. The van der Waals surface area contributed by atoms with Crippen LogP contribution in [0.2, 0.25) is 0 Å². The fraction of sp³-hybridized carbons (Fsp3) is 0.125. The fourth-order valence-electron chi connectivity index (χ4n) is 0.889. The lowest BCUT2D eigenvalue weighted by Gasteiger charge is -2.04. The summed E-state index contributed by atoms with van der Waals surface area (Å²) >= 11 is 0. The molecule has 1 rings (SSSR count). The topological polar surface area (TPSA) is 85.1 Å². The number of aromatic nitrogens is 1. The quantitative estimate of drug-likeness (QED) is 0.677. The van der Waals surface area contributed by atoms with Crippen LogP contribution in [-0.2, 0) is 4.79 Å². The van der Waals surface area contributed by atoms with E-state index in [4.69, 9.17) is 5.73 Å². The van der Waals surface area contributed by atoms with E-state index in [1.54, 1.807) is 0 Å². The van der Waals surface area contributed by atoms with Gasteiger partial charge in [0, 0.05) is 19.3 Å². The van der Waals surface area contributed by atoms with E-state index in [-0.39, 0.29) is 11.5 Å². The number of anilines is 1. The zero-order valence-corrected chi connectivity index (χ0v) is 7.07. The fourth-order valence-corrected chi connectivity index (χ4v) is 0.889. The maximum absolute atomic E-state index is 10.8. The molecule has 0 radical (unpaired) electrons. The maximum atomic E-state index is 10.8. The summed E-state index contributed by atoms with van der Waals surface area (Å²) in [6.45, 7) is 1.35. The molecular formula is C8H9N3O2. The summed E-state index contributed by atoms with van der Waals surface area (Å²) in [7, 11) is 0. The van der Waals surface area contributed by atoms with E-state index in [0.717, 1.165) is 0 Å². The number of hydrogen-bond donors (Lipinski definition) is 2. The van der Waals surface area contributed by atoms with Crippen LogP contribution in [0.25, 0.3) is 0 Å². The number of nitrogens with zero attached hydrogens (tertiary/aromatic N) is 1. The van der Waals surface area contributed by atoms with Gasteiger partial charge in [0.2, 0.25) is 5.91 Å². The van der Waals surface area contributed by atoms with Gasteiger partial charge in [0.15, 0.2) is 0 Å². The standard InChI is InChI=1S/C8H9N3O2/c1-5(12)11-7-2-3-10-4-6(7)8(9)13/h2-4H,1H3,(H2,9,13)(H,10,11,12). The number of carbonyl (C=O) groups is 2. The molecule has 2 amide bonds. The van der Waals surface area contributed by atoms with Crippen molar-refractivity contribution in [3.8, 4) is 0 Å². The molecule has 0 unspecified atom stereocenters. The first-order valence-electron chi connectivity index (χ1n) is 3.62. The van der Waals surface area contributed by atoms with Crippen LogP contribution >= 0.6 is 0 Å². The SMILES string of the molecule is CC(=O)Nc1ccncc1C(N)=O. The van der Waals surface area contributed by atoms with Crippen LogP contribution in [0.3, 0.4) is 0 Å². The first kappa shape index (κ1) is 9.18. The molecule has 68 valence electrons. The second-order valence-corrected chi connectivity index (χ2v) is 2.47. The molecule has 0 saturated heterocycles. The van der Waals surface area contributed by atoms with Crippen molar-refractivity contribution in [3.05, 3.63) is 24.0 Å². The van der Waals surface area contributed by atoms with Gasteiger partial charge in [-0.1, -0.05) is 0 Å². The third-order valence-electron chi connectivity index (χ3n) is 1.40. The van der Waals surface area contributed by atoms with Gasteiger partial charge in [0.1, 0.15) is 0 Å². The Morgan fingerprint density at radius 1 is 1.54 bits per heavy atom. The van der Waals surface area contributed by atoms with Crippen LogP contribution in [0, 0.1) is 0 Å². The van der Waals surface area contributed by atoms with Crippen molar-refractivity contribution in [1.82, 2.24) is 4.98 Å². The molecule has 5 heteroatoms. The number of pyridine rings is 1. The lowest BCUT2D eigenvalue weighted by molar-refractivity contribution is -0.114. The van der Waals surface area contributed by atoms with E-state index >= 15 is 0 Å². The number of nitrogens with two attached hydrogens (primary N) is 1. The van der Waals surface area contributed by atoms with Gasteiger partial charge in [0.25, 0.3) is 5.91 Å². The second kappa shape index (κ2) is 3.66. The number of amides is 2. The van der Waals surface area contributed by atoms with Crippen molar-refractivity contribution < 1.29 is 9.59 Å². The van der Waals surface area contributed by atoms with E-state index in [1.807, 2.05) is 0 Å². The molecule has 3 N–H and O–H groups in total.